The van der Waals surface area contributed by atoms with Gasteiger partial charge in [-0.05, 0) is 62.5 Å². The van der Waals surface area contributed by atoms with Crippen molar-refractivity contribution >= 4 is 28.9 Å². The van der Waals surface area contributed by atoms with Gasteiger partial charge in [-0.15, -0.1) is 0 Å². The number of carbonyl (C=O) groups is 1. The summed E-state index contributed by atoms with van der Waals surface area (Å²) in [6.45, 7) is 5.76. The van der Waals surface area contributed by atoms with E-state index < -0.39 is 11.3 Å². The van der Waals surface area contributed by atoms with E-state index >= 15 is 0 Å². The average molecular weight is 438 g/mol. The summed E-state index contributed by atoms with van der Waals surface area (Å²) in [4.78, 5) is 29.8. The van der Waals surface area contributed by atoms with E-state index in [1.165, 1.54) is 6.07 Å². The van der Waals surface area contributed by atoms with E-state index in [9.17, 15) is 9.59 Å². The highest BCUT2D eigenvalue weighted by Crippen LogP contribution is 2.20. The molecule has 160 valence electrons. The molecule has 0 atom stereocenters. The maximum absolute atomic E-state index is 12.8. The number of aromatic nitrogens is 2. The number of nitrogens with zero attached hydrogens (tertiary/aromatic N) is 4. The van der Waals surface area contributed by atoms with Crippen molar-refractivity contribution in [3.05, 3.63) is 81.2 Å². The number of hydrogen-bond acceptors (Lipinski definition) is 5. The molecule has 31 heavy (non-hydrogen) atoms. The summed E-state index contributed by atoms with van der Waals surface area (Å²) < 4.78 is 1.56. The first kappa shape index (κ1) is 21.1. The number of nitrogens with one attached hydrogen (secondary N) is 1. The first-order valence-corrected chi connectivity index (χ1v) is 10.5. The Morgan fingerprint density at radius 1 is 0.968 bits per heavy atom. The average Bonchev–Trinajstić information content (AvgIpc) is 2.76. The molecule has 0 aliphatic carbocycles. The third kappa shape index (κ3) is 4.78. The molecule has 1 saturated heterocycles. The molecule has 8 heteroatoms. The third-order valence-electron chi connectivity index (χ3n) is 5.39. The lowest BCUT2D eigenvalue weighted by molar-refractivity contribution is 0.101. The van der Waals surface area contributed by atoms with Crippen molar-refractivity contribution in [3.63, 3.8) is 0 Å². The van der Waals surface area contributed by atoms with Crippen LogP contribution in [0.2, 0.25) is 5.02 Å². The number of likely N-dealkylation sites (N-methyl/N-ethyl adjacent to an activating group) is 1. The number of hydrogen-bond donors (Lipinski definition) is 1. The Labute approximate surface area is 185 Å². The number of halogens is 1. The lowest BCUT2D eigenvalue weighted by Gasteiger charge is -2.34. The van der Waals surface area contributed by atoms with Gasteiger partial charge < -0.3 is 15.1 Å². The summed E-state index contributed by atoms with van der Waals surface area (Å²) in [7, 11) is 2.12. The van der Waals surface area contributed by atoms with Crippen LogP contribution in [-0.2, 0) is 0 Å². The number of carbonyl (C=O) groups excluding carboxylic acids is 1. The summed E-state index contributed by atoms with van der Waals surface area (Å²) in [5.74, 6) is -0.542. The minimum Gasteiger partial charge on any atom is -0.369 e. The Kier molecular flexibility index (Phi) is 6.06. The first-order valence-electron chi connectivity index (χ1n) is 10.1. The Bertz CT molecular complexity index is 1130. The fraction of sp³-hybridized carbons (Fsp3) is 0.261. The first-order chi connectivity index (χ1) is 14.9. The van der Waals surface area contributed by atoms with Gasteiger partial charge in [0, 0.05) is 54.3 Å². The van der Waals surface area contributed by atoms with E-state index in [0.717, 1.165) is 31.9 Å². The van der Waals surface area contributed by atoms with Crippen molar-refractivity contribution in [2.45, 2.75) is 6.92 Å². The molecule has 1 fully saturated rings. The molecule has 2 heterocycles. The molecule has 0 saturated carbocycles. The van der Waals surface area contributed by atoms with E-state index in [1.54, 1.807) is 35.9 Å². The molecule has 0 unspecified atom stereocenters. The fourth-order valence-electron chi connectivity index (χ4n) is 3.56. The van der Waals surface area contributed by atoms with Gasteiger partial charge in [0.2, 0.25) is 5.43 Å². The van der Waals surface area contributed by atoms with E-state index in [2.05, 4.69) is 27.3 Å². The van der Waals surface area contributed by atoms with Crippen molar-refractivity contribution in [1.82, 2.24) is 14.7 Å². The number of benzene rings is 2. The SMILES string of the molecule is Cc1cc(=O)c(C(=O)Nc2ccc(N3CCN(C)CC3)cc2)nn1-c1ccc(Cl)cc1. The van der Waals surface area contributed by atoms with Gasteiger partial charge in [-0.25, -0.2) is 4.68 Å². The summed E-state index contributed by atoms with van der Waals surface area (Å²) in [6, 6.07) is 16.1. The number of piperazine rings is 1. The molecule has 1 amide bonds. The predicted octanol–water partition coefficient (Wildman–Crippen LogP) is 3.20. The van der Waals surface area contributed by atoms with Crippen LogP contribution in [0.5, 0.6) is 0 Å². The number of rotatable bonds is 4. The molecule has 7 nitrogen and oxygen atoms in total. The lowest BCUT2D eigenvalue weighted by atomic mass is 10.2. The van der Waals surface area contributed by atoms with Crippen LogP contribution < -0.4 is 15.6 Å². The molecule has 0 spiro atoms. The monoisotopic (exact) mass is 437 g/mol. The van der Waals surface area contributed by atoms with Gasteiger partial charge in [0.15, 0.2) is 5.69 Å². The molecular weight excluding hydrogens is 414 g/mol. The molecule has 0 radical (unpaired) electrons. The second-order valence-corrected chi connectivity index (χ2v) is 8.11. The van der Waals surface area contributed by atoms with Gasteiger partial charge in [0.05, 0.1) is 5.69 Å². The van der Waals surface area contributed by atoms with Gasteiger partial charge in [0.1, 0.15) is 0 Å². The van der Waals surface area contributed by atoms with Crippen molar-refractivity contribution in [2.75, 3.05) is 43.4 Å². The molecule has 0 bridgehead atoms. The van der Waals surface area contributed by atoms with Crippen molar-refractivity contribution in [1.29, 1.82) is 0 Å². The predicted molar refractivity (Wildman–Crippen MR) is 124 cm³/mol. The zero-order chi connectivity index (χ0) is 22.0. The van der Waals surface area contributed by atoms with Crippen molar-refractivity contribution < 1.29 is 4.79 Å². The second kappa shape index (κ2) is 8.91. The minimum absolute atomic E-state index is 0.163. The van der Waals surface area contributed by atoms with Crippen LogP contribution in [0.1, 0.15) is 16.2 Å². The van der Waals surface area contributed by atoms with Crippen LogP contribution in [0.25, 0.3) is 5.69 Å². The zero-order valence-electron chi connectivity index (χ0n) is 17.5. The largest absolute Gasteiger partial charge is 0.369 e. The summed E-state index contributed by atoms with van der Waals surface area (Å²) >= 11 is 5.95. The highest BCUT2D eigenvalue weighted by Gasteiger charge is 2.17. The summed E-state index contributed by atoms with van der Waals surface area (Å²) in [6.07, 6.45) is 0. The van der Waals surface area contributed by atoms with Gasteiger partial charge in [-0.1, -0.05) is 11.6 Å². The van der Waals surface area contributed by atoms with Crippen LogP contribution in [0.15, 0.2) is 59.4 Å². The third-order valence-corrected chi connectivity index (χ3v) is 5.64. The maximum Gasteiger partial charge on any atom is 0.280 e. The molecule has 1 aromatic heterocycles. The van der Waals surface area contributed by atoms with Gasteiger partial charge in [-0.2, -0.15) is 5.10 Å². The molecule has 4 rings (SSSR count). The van der Waals surface area contributed by atoms with Gasteiger partial charge >= 0.3 is 0 Å². The Balaban J connectivity index is 1.52. The highest BCUT2D eigenvalue weighted by atomic mass is 35.5. The number of aryl methyl sites for hydroxylation is 1. The molecule has 2 aromatic carbocycles. The topological polar surface area (TPSA) is 70.5 Å². The second-order valence-electron chi connectivity index (χ2n) is 7.68. The maximum atomic E-state index is 12.8. The smallest absolute Gasteiger partial charge is 0.280 e. The molecule has 1 aliphatic rings. The van der Waals surface area contributed by atoms with Gasteiger partial charge in [0.25, 0.3) is 5.91 Å². The standard InChI is InChI=1S/C23H24ClN5O2/c1-16-15-21(30)22(26-29(16)20-7-3-17(24)4-8-20)23(31)25-18-5-9-19(10-6-18)28-13-11-27(2)12-14-28/h3-10,15H,11-14H2,1-2H3,(H,25,31). The van der Waals surface area contributed by atoms with Crippen molar-refractivity contribution in [2.24, 2.45) is 0 Å². The Hall–Kier alpha value is -3.16. The zero-order valence-corrected chi connectivity index (χ0v) is 18.3. The molecular formula is C23H24ClN5O2. The van der Waals surface area contributed by atoms with E-state index in [4.69, 9.17) is 11.6 Å². The minimum atomic E-state index is -0.542. The quantitative estimate of drug-likeness (QED) is 0.678. The van der Waals surface area contributed by atoms with Crippen LogP contribution in [0.3, 0.4) is 0 Å². The highest BCUT2D eigenvalue weighted by molar-refractivity contribution is 6.30. The lowest BCUT2D eigenvalue weighted by Crippen LogP contribution is -2.44. The molecule has 3 aromatic rings. The van der Waals surface area contributed by atoms with Gasteiger partial charge in [-0.3, -0.25) is 9.59 Å². The van der Waals surface area contributed by atoms with E-state index in [-0.39, 0.29) is 5.69 Å². The van der Waals surface area contributed by atoms with Crippen LogP contribution in [0.4, 0.5) is 11.4 Å². The van der Waals surface area contributed by atoms with Crippen molar-refractivity contribution in [3.8, 4) is 5.69 Å². The van der Waals surface area contributed by atoms with E-state index in [1.807, 2.05) is 24.3 Å². The Morgan fingerprint density at radius 3 is 2.23 bits per heavy atom. The normalized spacial score (nSPS) is 14.5. The van der Waals surface area contributed by atoms with Crippen LogP contribution in [0, 0.1) is 6.92 Å². The fourth-order valence-corrected chi connectivity index (χ4v) is 3.68. The van der Waals surface area contributed by atoms with Crippen LogP contribution >= 0.6 is 11.6 Å². The van der Waals surface area contributed by atoms with E-state index in [0.29, 0.717) is 22.1 Å². The summed E-state index contributed by atoms with van der Waals surface area (Å²) in [5.41, 5.74) is 2.48. The number of anilines is 2. The summed E-state index contributed by atoms with van der Waals surface area (Å²) in [5, 5.41) is 7.68. The molecule has 1 aliphatic heterocycles. The Morgan fingerprint density at radius 2 is 1.58 bits per heavy atom. The van der Waals surface area contributed by atoms with Crippen LogP contribution in [-0.4, -0.2) is 53.8 Å². The number of amides is 1. The molecule has 1 N–H and O–H groups in total.